The molecule has 0 bridgehead atoms. The summed E-state index contributed by atoms with van der Waals surface area (Å²) >= 11 is 4.55. The second-order valence-corrected chi connectivity index (χ2v) is 8.96. The molecule has 1 atom stereocenters. The molecule has 5 nitrogen and oxygen atoms in total. The topological polar surface area (TPSA) is 67.4 Å². The molecule has 0 saturated heterocycles. The van der Waals surface area contributed by atoms with Gasteiger partial charge in [-0.15, -0.1) is 11.3 Å². The van der Waals surface area contributed by atoms with E-state index in [1.165, 1.54) is 17.4 Å². The molecule has 0 unspecified atom stereocenters. The molecule has 0 spiro atoms. The van der Waals surface area contributed by atoms with E-state index >= 15 is 0 Å². The molecule has 0 saturated carbocycles. The Morgan fingerprint density at radius 3 is 2.50 bits per heavy atom. The summed E-state index contributed by atoms with van der Waals surface area (Å²) in [4.78, 5) is 24.9. The van der Waals surface area contributed by atoms with E-state index < -0.39 is 29.4 Å². The third-order valence-electron chi connectivity index (χ3n) is 3.48. The zero-order chi connectivity index (χ0) is 20.9. The van der Waals surface area contributed by atoms with E-state index in [1.54, 1.807) is 32.2 Å². The van der Waals surface area contributed by atoms with Gasteiger partial charge in [0.25, 0.3) is 5.91 Å². The van der Waals surface area contributed by atoms with Crippen molar-refractivity contribution in [1.29, 1.82) is 0 Å². The van der Waals surface area contributed by atoms with Gasteiger partial charge in [-0.2, -0.15) is 0 Å². The number of alkyl carbamates (subject to hydrolysis) is 1. The van der Waals surface area contributed by atoms with E-state index in [4.69, 9.17) is 4.74 Å². The first-order chi connectivity index (χ1) is 13.0. The monoisotopic (exact) mass is 474 g/mol. The van der Waals surface area contributed by atoms with Gasteiger partial charge in [0.2, 0.25) is 0 Å². The van der Waals surface area contributed by atoms with Gasteiger partial charge >= 0.3 is 6.09 Å². The highest BCUT2D eigenvalue weighted by Crippen LogP contribution is 2.20. The summed E-state index contributed by atoms with van der Waals surface area (Å²) in [7, 11) is 0. The first-order valence-electron chi connectivity index (χ1n) is 8.49. The van der Waals surface area contributed by atoms with E-state index in [0.29, 0.717) is 10.4 Å². The number of carbonyl (C=O) groups is 2. The van der Waals surface area contributed by atoms with Gasteiger partial charge in [0.15, 0.2) is 11.6 Å². The van der Waals surface area contributed by atoms with Crippen LogP contribution in [-0.2, 0) is 11.2 Å². The van der Waals surface area contributed by atoms with Crippen molar-refractivity contribution in [2.24, 2.45) is 0 Å². The Balaban J connectivity index is 2.08. The standard InChI is InChI=1S/C19H21BrF2N2O3S/c1-19(2,3)27-18(26)23-9-13(6-11-4-5-14(21)15(22)7-11)24-17(25)16-8-12(20)10-28-16/h4-5,7-8,10,13H,6,9H2,1-3H3,(H,23,26)(H,24,25)/t13-/m0/s1. The van der Waals surface area contributed by atoms with Crippen LogP contribution in [0.2, 0.25) is 0 Å². The molecule has 0 fully saturated rings. The molecule has 1 aromatic heterocycles. The maximum absolute atomic E-state index is 13.5. The van der Waals surface area contributed by atoms with Gasteiger partial charge in [0.1, 0.15) is 5.60 Å². The lowest BCUT2D eigenvalue weighted by molar-refractivity contribution is 0.0520. The molecule has 0 aliphatic rings. The predicted octanol–water partition coefficient (Wildman–Crippen LogP) is 4.65. The summed E-state index contributed by atoms with van der Waals surface area (Å²) in [6.45, 7) is 5.28. The SMILES string of the molecule is CC(C)(C)OC(=O)NC[C@H](Cc1ccc(F)c(F)c1)NC(=O)c1cc(Br)cs1. The molecule has 28 heavy (non-hydrogen) atoms. The molecule has 0 aliphatic carbocycles. The third-order valence-corrected chi connectivity index (χ3v) is 5.17. The summed E-state index contributed by atoms with van der Waals surface area (Å²) in [5.41, 5.74) is -0.172. The summed E-state index contributed by atoms with van der Waals surface area (Å²) < 4.78 is 32.6. The minimum atomic E-state index is -0.968. The van der Waals surface area contributed by atoms with Gasteiger partial charge in [0, 0.05) is 16.4 Å². The number of hydrogen-bond donors (Lipinski definition) is 2. The fourth-order valence-electron chi connectivity index (χ4n) is 2.33. The first kappa shape index (κ1) is 22.3. The van der Waals surface area contributed by atoms with Crippen molar-refractivity contribution < 1.29 is 23.1 Å². The van der Waals surface area contributed by atoms with Crippen LogP contribution in [0.25, 0.3) is 0 Å². The van der Waals surface area contributed by atoms with Crippen LogP contribution in [0, 0.1) is 11.6 Å². The second-order valence-electron chi connectivity index (χ2n) is 7.13. The van der Waals surface area contributed by atoms with Crippen molar-refractivity contribution in [2.45, 2.75) is 38.8 Å². The van der Waals surface area contributed by atoms with E-state index in [9.17, 15) is 18.4 Å². The number of halogens is 3. The Labute approximate surface area is 174 Å². The average molecular weight is 475 g/mol. The van der Waals surface area contributed by atoms with Crippen LogP contribution in [0.5, 0.6) is 0 Å². The quantitative estimate of drug-likeness (QED) is 0.639. The van der Waals surface area contributed by atoms with Gasteiger partial charge < -0.3 is 15.4 Å². The molecule has 1 heterocycles. The molecule has 2 N–H and O–H groups in total. The smallest absolute Gasteiger partial charge is 0.407 e. The number of nitrogens with one attached hydrogen (secondary N) is 2. The fraction of sp³-hybridized carbons (Fsp3) is 0.368. The Morgan fingerprint density at radius 1 is 1.21 bits per heavy atom. The van der Waals surface area contributed by atoms with Crippen molar-refractivity contribution in [2.75, 3.05) is 6.54 Å². The molecule has 2 aromatic rings. The predicted molar refractivity (Wildman–Crippen MR) is 108 cm³/mol. The molecule has 2 rings (SSSR count). The maximum Gasteiger partial charge on any atom is 0.407 e. The molecule has 0 radical (unpaired) electrons. The molecule has 1 aromatic carbocycles. The minimum absolute atomic E-state index is 0.0617. The zero-order valence-corrected chi connectivity index (χ0v) is 18.0. The van der Waals surface area contributed by atoms with Gasteiger partial charge in [-0.05, 0) is 66.9 Å². The Hall–Kier alpha value is -2.00. The van der Waals surface area contributed by atoms with Crippen LogP contribution in [0.15, 0.2) is 34.1 Å². The number of thiophene rings is 1. The molecule has 2 amide bonds. The van der Waals surface area contributed by atoms with E-state index in [2.05, 4.69) is 26.6 Å². The lowest BCUT2D eigenvalue weighted by Gasteiger charge is -2.23. The van der Waals surface area contributed by atoms with Crippen molar-refractivity contribution in [3.63, 3.8) is 0 Å². The highest BCUT2D eigenvalue weighted by Gasteiger charge is 2.20. The molecular weight excluding hydrogens is 454 g/mol. The minimum Gasteiger partial charge on any atom is -0.444 e. The summed E-state index contributed by atoms with van der Waals surface area (Å²) in [6, 6.07) is 4.67. The largest absolute Gasteiger partial charge is 0.444 e. The van der Waals surface area contributed by atoms with Gasteiger partial charge in [-0.25, -0.2) is 13.6 Å². The van der Waals surface area contributed by atoms with Gasteiger partial charge in [-0.1, -0.05) is 6.07 Å². The molecular formula is C19H21BrF2N2O3S. The Bertz CT molecular complexity index is 852. The number of amides is 2. The zero-order valence-electron chi connectivity index (χ0n) is 15.6. The van der Waals surface area contributed by atoms with Crippen LogP contribution in [0.4, 0.5) is 13.6 Å². The summed E-state index contributed by atoms with van der Waals surface area (Å²) in [5, 5.41) is 7.19. The average Bonchev–Trinajstić information content (AvgIpc) is 3.01. The number of carbonyl (C=O) groups excluding carboxylic acids is 2. The third kappa shape index (κ3) is 7.20. The first-order valence-corrected chi connectivity index (χ1v) is 10.2. The summed E-state index contributed by atoms with van der Waals surface area (Å²) in [6.07, 6.45) is -0.429. The van der Waals surface area contributed by atoms with Crippen LogP contribution in [-0.4, -0.2) is 30.2 Å². The van der Waals surface area contributed by atoms with Crippen LogP contribution in [0.3, 0.4) is 0 Å². The highest BCUT2D eigenvalue weighted by molar-refractivity contribution is 9.10. The summed E-state index contributed by atoms with van der Waals surface area (Å²) in [5.74, 6) is -2.24. The van der Waals surface area contributed by atoms with E-state index in [1.807, 2.05) is 0 Å². The van der Waals surface area contributed by atoms with Gasteiger partial charge in [0.05, 0.1) is 10.9 Å². The second kappa shape index (κ2) is 9.47. The number of hydrogen-bond acceptors (Lipinski definition) is 4. The van der Waals surface area contributed by atoms with Crippen molar-refractivity contribution >= 4 is 39.3 Å². The van der Waals surface area contributed by atoms with Crippen LogP contribution < -0.4 is 10.6 Å². The molecule has 0 aliphatic heterocycles. The fourth-order valence-corrected chi connectivity index (χ4v) is 3.66. The van der Waals surface area contributed by atoms with Crippen LogP contribution in [0.1, 0.15) is 36.0 Å². The van der Waals surface area contributed by atoms with E-state index in [0.717, 1.165) is 16.6 Å². The number of benzene rings is 1. The number of ether oxygens (including phenoxy) is 1. The lowest BCUT2D eigenvalue weighted by atomic mass is 10.1. The molecule has 9 heteroatoms. The molecule has 152 valence electrons. The Morgan fingerprint density at radius 2 is 1.93 bits per heavy atom. The van der Waals surface area contributed by atoms with Crippen molar-refractivity contribution in [3.8, 4) is 0 Å². The number of rotatable bonds is 6. The Kier molecular flexibility index (Phi) is 7.54. The van der Waals surface area contributed by atoms with E-state index in [-0.39, 0.29) is 18.9 Å². The van der Waals surface area contributed by atoms with Gasteiger partial charge in [-0.3, -0.25) is 4.79 Å². The lowest BCUT2D eigenvalue weighted by Crippen LogP contribution is -2.46. The maximum atomic E-state index is 13.5. The van der Waals surface area contributed by atoms with Crippen molar-refractivity contribution in [3.05, 3.63) is 56.2 Å². The van der Waals surface area contributed by atoms with Crippen LogP contribution >= 0.6 is 27.3 Å². The highest BCUT2D eigenvalue weighted by atomic mass is 79.9. The normalized spacial score (nSPS) is 12.4. The van der Waals surface area contributed by atoms with Crippen molar-refractivity contribution in [1.82, 2.24) is 10.6 Å².